The van der Waals surface area contributed by atoms with Crippen molar-refractivity contribution in [2.24, 2.45) is 10.9 Å². The first kappa shape index (κ1) is 23.4. The molecule has 174 valence electrons. The van der Waals surface area contributed by atoms with Crippen molar-refractivity contribution in [1.82, 2.24) is 15.6 Å². The number of hydrogen-bond donors (Lipinski definition) is 5. The predicted octanol–water partition coefficient (Wildman–Crippen LogP) is -0.230. The van der Waals surface area contributed by atoms with Gasteiger partial charge in [-0.05, 0) is 20.8 Å². The zero-order chi connectivity index (χ0) is 23.7. The Hall–Kier alpha value is -3.26. The summed E-state index contributed by atoms with van der Waals surface area (Å²) in [6.07, 6.45) is -0.259. The molecule has 6 N–H and O–H groups in total. The molecule has 0 bridgehead atoms. The van der Waals surface area contributed by atoms with Gasteiger partial charge >= 0.3 is 12.1 Å². The minimum Gasteiger partial charge on any atom is -0.478 e. The molecule has 14 heteroatoms. The molecule has 0 radical (unpaired) electrons. The van der Waals surface area contributed by atoms with Crippen LogP contribution in [0.4, 0.5) is 9.93 Å². The number of carboxylic acid groups (broad SMARTS) is 1. The lowest BCUT2D eigenvalue weighted by Gasteiger charge is -2.36. The SMILES string of the molecule is CC(C)(C)OC(=O)Nc1nc(/C(=N/OC2(C(=O)O)CC2)C(=O)NC2C(=O)N[C@H]2CN)cs1. The summed E-state index contributed by atoms with van der Waals surface area (Å²) in [6, 6.07) is -1.31. The number of anilines is 1. The maximum absolute atomic E-state index is 12.8. The number of nitrogens with two attached hydrogens (primary N) is 1. The number of hydrogen-bond acceptors (Lipinski definition) is 10. The van der Waals surface area contributed by atoms with E-state index in [1.807, 2.05) is 0 Å². The number of β-lactam (4-membered cyclic amide) rings is 1. The third kappa shape index (κ3) is 5.31. The Balaban J connectivity index is 1.79. The first-order valence-electron chi connectivity index (χ1n) is 9.71. The van der Waals surface area contributed by atoms with E-state index in [0.717, 1.165) is 11.3 Å². The molecule has 3 amide bonds. The molecule has 2 heterocycles. The van der Waals surface area contributed by atoms with Gasteiger partial charge in [-0.1, -0.05) is 5.16 Å². The molecule has 1 aromatic heterocycles. The first-order chi connectivity index (χ1) is 14.9. The molecule has 0 aromatic carbocycles. The van der Waals surface area contributed by atoms with Crippen LogP contribution in [0.15, 0.2) is 10.5 Å². The number of carbonyl (C=O) groups is 4. The van der Waals surface area contributed by atoms with Crippen molar-refractivity contribution in [2.45, 2.75) is 56.9 Å². The van der Waals surface area contributed by atoms with Crippen molar-refractivity contribution < 1.29 is 33.9 Å². The van der Waals surface area contributed by atoms with Crippen molar-refractivity contribution in [2.75, 3.05) is 11.9 Å². The highest BCUT2D eigenvalue weighted by Gasteiger charge is 2.54. The minimum atomic E-state index is -1.49. The van der Waals surface area contributed by atoms with Gasteiger partial charge in [0.2, 0.25) is 11.5 Å². The number of aromatic nitrogens is 1. The number of nitrogens with one attached hydrogen (secondary N) is 3. The topological polar surface area (TPSA) is 194 Å². The number of oxime groups is 1. The smallest absolute Gasteiger partial charge is 0.413 e. The summed E-state index contributed by atoms with van der Waals surface area (Å²) >= 11 is 0.994. The highest BCUT2D eigenvalue weighted by atomic mass is 32.1. The Bertz CT molecular complexity index is 965. The Labute approximate surface area is 186 Å². The number of carboxylic acids is 1. The second-order valence-corrected chi connectivity index (χ2v) is 9.16. The molecule has 13 nitrogen and oxygen atoms in total. The van der Waals surface area contributed by atoms with Gasteiger partial charge in [0, 0.05) is 24.8 Å². The van der Waals surface area contributed by atoms with Crippen LogP contribution in [-0.4, -0.2) is 69.5 Å². The zero-order valence-electron chi connectivity index (χ0n) is 17.6. The molecule has 3 rings (SSSR count). The van der Waals surface area contributed by atoms with Gasteiger partial charge in [0.05, 0.1) is 6.04 Å². The van der Waals surface area contributed by atoms with E-state index in [2.05, 4.69) is 26.1 Å². The van der Waals surface area contributed by atoms with Crippen molar-refractivity contribution in [3.8, 4) is 0 Å². The van der Waals surface area contributed by atoms with Gasteiger partial charge in [0.15, 0.2) is 10.8 Å². The molecule has 32 heavy (non-hydrogen) atoms. The standard InChI is InChI=1S/C18H24N6O7S/c1-17(2,3)30-16(29)23-15-21-9(7-32-15)11(24-31-18(4-5-18)14(27)28)13(26)22-10-8(6-19)20-12(10)25/h7-8,10H,4-6,19H2,1-3H3,(H,20,25)(H,22,26)(H,27,28)(H,21,23,29)/b24-11-/t8-,10?/m0/s1. The van der Waals surface area contributed by atoms with Crippen LogP contribution < -0.4 is 21.7 Å². The van der Waals surface area contributed by atoms with Crippen LogP contribution >= 0.6 is 11.3 Å². The van der Waals surface area contributed by atoms with E-state index in [1.54, 1.807) is 20.8 Å². The van der Waals surface area contributed by atoms with E-state index in [-0.39, 0.29) is 35.9 Å². The maximum Gasteiger partial charge on any atom is 0.413 e. The fraction of sp³-hybridized carbons (Fsp3) is 0.556. The first-order valence-corrected chi connectivity index (χ1v) is 10.6. The Kier molecular flexibility index (Phi) is 6.37. The van der Waals surface area contributed by atoms with Crippen molar-refractivity contribution in [1.29, 1.82) is 0 Å². The normalized spacial score (nSPS) is 21.6. The van der Waals surface area contributed by atoms with Gasteiger partial charge in [-0.2, -0.15) is 0 Å². The molecule has 0 spiro atoms. The molecule has 1 saturated carbocycles. The van der Waals surface area contributed by atoms with Crippen molar-refractivity contribution in [3.05, 3.63) is 11.1 Å². The van der Waals surface area contributed by atoms with Gasteiger partial charge in [-0.15, -0.1) is 11.3 Å². The van der Waals surface area contributed by atoms with Crippen LogP contribution in [0.25, 0.3) is 0 Å². The third-order valence-electron chi connectivity index (χ3n) is 4.53. The Morgan fingerprint density at radius 1 is 1.41 bits per heavy atom. The second kappa shape index (κ2) is 8.70. The van der Waals surface area contributed by atoms with Crippen LogP contribution in [0.2, 0.25) is 0 Å². The average Bonchev–Trinajstić information content (AvgIpc) is 3.35. The molecular formula is C18H24N6O7S. The molecule has 1 unspecified atom stereocenters. The lowest BCUT2D eigenvalue weighted by molar-refractivity contribution is -0.153. The molecule has 1 aromatic rings. The number of thiazole rings is 1. The largest absolute Gasteiger partial charge is 0.478 e. The lowest BCUT2D eigenvalue weighted by atomic mass is 9.99. The van der Waals surface area contributed by atoms with Gasteiger partial charge in [0.1, 0.15) is 17.3 Å². The van der Waals surface area contributed by atoms with Gasteiger partial charge in [-0.3, -0.25) is 14.9 Å². The summed E-state index contributed by atoms with van der Waals surface area (Å²) in [4.78, 5) is 57.2. The highest BCUT2D eigenvalue weighted by Crippen LogP contribution is 2.40. The summed E-state index contributed by atoms with van der Waals surface area (Å²) in [5.74, 6) is -2.42. The van der Waals surface area contributed by atoms with E-state index < -0.39 is 47.2 Å². The van der Waals surface area contributed by atoms with Crippen LogP contribution in [-0.2, 0) is 24.0 Å². The third-order valence-corrected chi connectivity index (χ3v) is 5.29. The number of aliphatic carboxylic acids is 1. The van der Waals surface area contributed by atoms with Crippen molar-refractivity contribution >= 4 is 46.1 Å². The van der Waals surface area contributed by atoms with Crippen molar-refractivity contribution in [3.63, 3.8) is 0 Å². The number of nitrogens with zero attached hydrogens (tertiary/aromatic N) is 2. The molecule has 1 saturated heterocycles. The van der Waals surface area contributed by atoms with Gasteiger partial charge in [0.25, 0.3) is 5.91 Å². The molecule has 2 fully saturated rings. The molecular weight excluding hydrogens is 444 g/mol. The summed E-state index contributed by atoms with van der Waals surface area (Å²) in [5.41, 5.74) is 3.01. The van der Waals surface area contributed by atoms with Crippen LogP contribution in [0, 0.1) is 0 Å². The van der Waals surface area contributed by atoms with Gasteiger partial charge in [-0.25, -0.2) is 14.6 Å². The second-order valence-electron chi connectivity index (χ2n) is 8.30. The molecule has 2 aliphatic rings. The zero-order valence-corrected chi connectivity index (χ0v) is 18.4. The summed E-state index contributed by atoms with van der Waals surface area (Å²) < 4.78 is 5.16. The van der Waals surface area contributed by atoms with E-state index >= 15 is 0 Å². The molecule has 2 atom stereocenters. The summed E-state index contributed by atoms with van der Waals surface area (Å²) in [7, 11) is 0. The number of amides is 3. The van der Waals surface area contributed by atoms with Gasteiger partial charge < -0.3 is 31.0 Å². The Morgan fingerprint density at radius 3 is 2.62 bits per heavy atom. The monoisotopic (exact) mass is 468 g/mol. The highest BCUT2D eigenvalue weighted by molar-refractivity contribution is 7.14. The maximum atomic E-state index is 12.8. The Morgan fingerprint density at radius 2 is 2.09 bits per heavy atom. The van der Waals surface area contributed by atoms with E-state index in [9.17, 15) is 24.3 Å². The number of rotatable bonds is 8. The van der Waals surface area contributed by atoms with E-state index in [4.69, 9.17) is 15.3 Å². The quantitative estimate of drug-likeness (QED) is 0.194. The van der Waals surface area contributed by atoms with Crippen LogP contribution in [0.5, 0.6) is 0 Å². The number of carbonyl (C=O) groups excluding carboxylic acids is 3. The van der Waals surface area contributed by atoms with Crippen LogP contribution in [0.1, 0.15) is 39.3 Å². The fourth-order valence-corrected chi connectivity index (χ4v) is 3.32. The van der Waals surface area contributed by atoms with E-state index in [0.29, 0.717) is 0 Å². The fourth-order valence-electron chi connectivity index (χ4n) is 2.64. The number of ether oxygens (including phenoxy) is 1. The van der Waals surface area contributed by atoms with E-state index in [1.165, 1.54) is 5.38 Å². The lowest BCUT2D eigenvalue weighted by Crippen LogP contribution is -2.71. The minimum absolute atomic E-state index is 0.0174. The summed E-state index contributed by atoms with van der Waals surface area (Å²) in [5, 5.41) is 22.1. The summed E-state index contributed by atoms with van der Waals surface area (Å²) in [6.45, 7) is 5.22. The molecule has 1 aliphatic heterocycles. The average molecular weight is 468 g/mol. The predicted molar refractivity (Wildman–Crippen MR) is 112 cm³/mol. The van der Waals surface area contributed by atoms with Crippen LogP contribution in [0.3, 0.4) is 0 Å². The molecule has 1 aliphatic carbocycles.